The second-order valence-electron chi connectivity index (χ2n) is 4.59. The molecule has 1 saturated carbocycles. The van der Waals surface area contributed by atoms with E-state index in [-0.39, 0.29) is 17.5 Å². The first kappa shape index (κ1) is 13.4. The fourth-order valence-electron chi connectivity index (χ4n) is 1.58. The Bertz CT molecular complexity index is 559. The fraction of sp³-hybridized carbons (Fsp3) is 0.545. The van der Waals surface area contributed by atoms with E-state index in [0.29, 0.717) is 17.1 Å². The average molecular weight is 288 g/mol. The summed E-state index contributed by atoms with van der Waals surface area (Å²) in [5.74, 6) is 0.333. The summed E-state index contributed by atoms with van der Waals surface area (Å²) in [4.78, 5) is 12.5. The Morgan fingerprint density at radius 2 is 2.22 bits per heavy atom. The zero-order valence-electron chi connectivity index (χ0n) is 10.1. The number of nitrogen functional groups attached to an aromatic ring is 1. The number of carbonyl (C=O) groups is 1. The van der Waals surface area contributed by atoms with E-state index < -0.39 is 9.84 Å². The molecule has 0 aromatic carbocycles. The lowest BCUT2D eigenvalue weighted by Gasteiger charge is -2.01. The number of thiophene rings is 1. The Morgan fingerprint density at radius 1 is 1.56 bits per heavy atom. The van der Waals surface area contributed by atoms with Crippen molar-refractivity contribution in [1.29, 1.82) is 0 Å². The normalized spacial score (nSPS) is 15.6. The number of nitrogens with two attached hydrogens (primary N) is 1. The summed E-state index contributed by atoms with van der Waals surface area (Å²) in [6.07, 6.45) is 3.10. The number of hydrogen-bond donors (Lipinski definition) is 2. The quantitative estimate of drug-likeness (QED) is 0.772. The molecule has 1 fully saturated rings. The number of ketones is 1. The molecule has 0 bridgehead atoms. The van der Waals surface area contributed by atoms with Gasteiger partial charge in [-0.15, -0.1) is 11.3 Å². The number of sulfone groups is 1. The van der Waals surface area contributed by atoms with Crippen LogP contribution in [0, 0.1) is 5.92 Å². The zero-order valence-corrected chi connectivity index (χ0v) is 11.7. The number of rotatable bonds is 6. The molecule has 0 unspecified atom stereocenters. The smallest absolute Gasteiger partial charge is 0.178 e. The second-order valence-corrected chi connectivity index (χ2v) is 7.90. The highest BCUT2D eigenvalue weighted by Crippen LogP contribution is 2.38. The predicted molar refractivity (Wildman–Crippen MR) is 74.0 cm³/mol. The van der Waals surface area contributed by atoms with Gasteiger partial charge >= 0.3 is 0 Å². The molecule has 2 rings (SSSR count). The Kier molecular flexibility index (Phi) is 3.63. The first-order chi connectivity index (χ1) is 8.37. The number of hydrogen-bond acceptors (Lipinski definition) is 6. The monoisotopic (exact) mass is 288 g/mol. The molecule has 0 amide bonds. The second kappa shape index (κ2) is 4.89. The Hall–Kier alpha value is -1.08. The minimum Gasteiger partial charge on any atom is -0.397 e. The summed E-state index contributed by atoms with van der Waals surface area (Å²) in [6.45, 7) is 0.329. The molecule has 18 heavy (non-hydrogen) atoms. The van der Waals surface area contributed by atoms with Gasteiger partial charge in [-0.25, -0.2) is 8.42 Å². The van der Waals surface area contributed by atoms with Crippen molar-refractivity contribution < 1.29 is 13.2 Å². The molecule has 1 aromatic heterocycles. The van der Waals surface area contributed by atoms with Crippen LogP contribution in [0.3, 0.4) is 0 Å². The molecule has 0 spiro atoms. The van der Waals surface area contributed by atoms with Crippen molar-refractivity contribution in [3.05, 3.63) is 10.9 Å². The maximum atomic E-state index is 11.9. The lowest BCUT2D eigenvalue weighted by Crippen LogP contribution is -2.13. The summed E-state index contributed by atoms with van der Waals surface area (Å²) in [7, 11) is -2.97. The van der Waals surface area contributed by atoms with E-state index in [2.05, 4.69) is 5.32 Å². The lowest BCUT2D eigenvalue weighted by molar-refractivity contribution is 0.0972. The van der Waals surface area contributed by atoms with Gasteiger partial charge in [0.2, 0.25) is 0 Å². The Balaban J connectivity index is 1.98. The summed E-state index contributed by atoms with van der Waals surface area (Å²) in [5.41, 5.74) is 6.28. The van der Waals surface area contributed by atoms with Gasteiger partial charge in [0.05, 0.1) is 21.3 Å². The molecule has 1 aliphatic carbocycles. The topological polar surface area (TPSA) is 89.3 Å². The minimum absolute atomic E-state index is 0.0662. The molecule has 5 nitrogen and oxygen atoms in total. The van der Waals surface area contributed by atoms with Gasteiger partial charge in [-0.2, -0.15) is 0 Å². The molecule has 1 heterocycles. The molecule has 7 heteroatoms. The van der Waals surface area contributed by atoms with Crippen LogP contribution in [0.1, 0.15) is 22.5 Å². The minimum atomic E-state index is -2.97. The van der Waals surface area contributed by atoms with Gasteiger partial charge < -0.3 is 11.1 Å². The van der Waals surface area contributed by atoms with Crippen molar-refractivity contribution in [2.45, 2.75) is 12.8 Å². The molecule has 0 atom stereocenters. The first-order valence-corrected chi connectivity index (χ1v) is 8.59. The van der Waals surface area contributed by atoms with Crippen molar-refractivity contribution in [3.8, 4) is 0 Å². The number of Topliss-reactive ketones (excluding diaryl/α,β-unsaturated/α-hetero) is 1. The molecule has 1 aliphatic rings. The van der Waals surface area contributed by atoms with E-state index in [0.717, 1.165) is 17.8 Å². The van der Waals surface area contributed by atoms with E-state index in [1.54, 1.807) is 6.07 Å². The molecule has 0 saturated heterocycles. The van der Waals surface area contributed by atoms with Crippen molar-refractivity contribution in [3.63, 3.8) is 0 Å². The van der Waals surface area contributed by atoms with Crippen LogP contribution in [0.5, 0.6) is 0 Å². The molecule has 3 N–H and O–H groups in total. The summed E-state index contributed by atoms with van der Waals surface area (Å²) < 4.78 is 22.0. The van der Waals surface area contributed by atoms with Crippen molar-refractivity contribution in [2.24, 2.45) is 5.92 Å². The average Bonchev–Trinajstić information content (AvgIpc) is 3.01. The van der Waals surface area contributed by atoms with E-state index in [1.807, 2.05) is 0 Å². The predicted octanol–water partition coefficient (Wildman–Crippen LogP) is 1.38. The van der Waals surface area contributed by atoms with Crippen molar-refractivity contribution >= 4 is 37.6 Å². The van der Waals surface area contributed by atoms with E-state index in [1.165, 1.54) is 17.6 Å². The van der Waals surface area contributed by atoms with Crippen LogP contribution in [-0.4, -0.2) is 32.8 Å². The number of nitrogens with one attached hydrogen (secondary N) is 1. The van der Waals surface area contributed by atoms with Crippen LogP contribution < -0.4 is 11.1 Å². The van der Waals surface area contributed by atoms with Crippen LogP contribution >= 0.6 is 11.3 Å². The summed E-state index contributed by atoms with van der Waals surface area (Å²) in [6, 6.07) is 1.70. The van der Waals surface area contributed by atoms with Crippen molar-refractivity contribution in [1.82, 2.24) is 0 Å². The van der Waals surface area contributed by atoms with Gasteiger partial charge in [0.25, 0.3) is 0 Å². The number of carbonyl (C=O) groups excluding carboxylic acids is 1. The SMILES string of the molecule is CS(=O)(=O)CCNc1cc(N)c(C(=O)C2CC2)s1. The molecule has 0 aliphatic heterocycles. The zero-order chi connectivity index (χ0) is 13.3. The van der Waals surface area contributed by atoms with Crippen LogP contribution in [-0.2, 0) is 9.84 Å². The van der Waals surface area contributed by atoms with Gasteiger partial charge in [0.15, 0.2) is 5.78 Å². The lowest BCUT2D eigenvalue weighted by atomic mass is 10.2. The molecule has 100 valence electrons. The summed E-state index contributed by atoms with van der Waals surface area (Å²) in [5, 5.41) is 3.73. The fourth-order valence-corrected chi connectivity index (χ4v) is 3.07. The maximum Gasteiger partial charge on any atom is 0.178 e. The van der Waals surface area contributed by atoms with E-state index >= 15 is 0 Å². The van der Waals surface area contributed by atoms with Crippen LogP contribution in [0.15, 0.2) is 6.07 Å². The van der Waals surface area contributed by atoms with Gasteiger partial charge in [0.1, 0.15) is 9.84 Å². The molecule has 0 radical (unpaired) electrons. The Morgan fingerprint density at radius 3 is 2.78 bits per heavy atom. The largest absolute Gasteiger partial charge is 0.397 e. The Labute approximate surface area is 110 Å². The molecular weight excluding hydrogens is 272 g/mol. The summed E-state index contributed by atoms with van der Waals surface area (Å²) >= 11 is 1.31. The highest BCUT2D eigenvalue weighted by Gasteiger charge is 2.32. The van der Waals surface area contributed by atoms with Gasteiger partial charge in [0, 0.05) is 18.7 Å². The van der Waals surface area contributed by atoms with Crippen LogP contribution in [0.2, 0.25) is 0 Å². The van der Waals surface area contributed by atoms with Gasteiger partial charge in [-0.3, -0.25) is 4.79 Å². The van der Waals surface area contributed by atoms with E-state index in [4.69, 9.17) is 5.73 Å². The van der Waals surface area contributed by atoms with Crippen LogP contribution in [0.25, 0.3) is 0 Å². The third-order valence-corrected chi connectivity index (χ3v) is 4.77. The highest BCUT2D eigenvalue weighted by atomic mass is 32.2. The molecular formula is C11H16N2O3S2. The van der Waals surface area contributed by atoms with Gasteiger partial charge in [-0.1, -0.05) is 0 Å². The van der Waals surface area contributed by atoms with Crippen molar-refractivity contribution in [2.75, 3.05) is 29.6 Å². The standard InChI is InChI=1S/C11H16N2O3S2/c1-18(15,16)5-4-13-9-6-8(12)11(17-9)10(14)7-2-3-7/h6-7,13H,2-5,12H2,1H3. The number of anilines is 2. The molecule has 1 aromatic rings. The third-order valence-electron chi connectivity index (χ3n) is 2.70. The van der Waals surface area contributed by atoms with E-state index in [9.17, 15) is 13.2 Å². The van der Waals surface area contributed by atoms with Crippen LogP contribution in [0.4, 0.5) is 10.7 Å². The third kappa shape index (κ3) is 3.46. The maximum absolute atomic E-state index is 11.9. The first-order valence-electron chi connectivity index (χ1n) is 5.72. The highest BCUT2D eigenvalue weighted by molar-refractivity contribution is 7.90. The van der Waals surface area contributed by atoms with Gasteiger partial charge in [-0.05, 0) is 18.9 Å².